The zero-order valence-electron chi connectivity index (χ0n) is 11.2. The number of nitriles is 1. The Kier molecular flexibility index (Phi) is 4.09. The minimum absolute atomic E-state index is 0.0789. The van der Waals surface area contributed by atoms with Crippen molar-refractivity contribution >= 4 is 21.4 Å². The zero-order chi connectivity index (χ0) is 14.8. The summed E-state index contributed by atoms with van der Waals surface area (Å²) in [6.45, 7) is 0. The number of sulfone groups is 1. The number of carbonyl (C=O) groups is 1. The minimum atomic E-state index is -3.35. The summed E-state index contributed by atoms with van der Waals surface area (Å²) >= 11 is 0. The number of hydrogen-bond donors (Lipinski definition) is 0. The summed E-state index contributed by atoms with van der Waals surface area (Å²) in [5, 5.41) is 7.91. The molecule has 1 fully saturated rings. The molecule has 0 saturated carbocycles. The van der Waals surface area contributed by atoms with Crippen LogP contribution in [-0.4, -0.2) is 32.4 Å². The van der Waals surface area contributed by atoms with E-state index in [0.717, 1.165) is 6.42 Å². The van der Waals surface area contributed by atoms with E-state index in [1.165, 1.54) is 4.90 Å². The maximum absolute atomic E-state index is 12.4. The molecule has 1 heterocycles. The molecular weight excluding hydrogens is 276 g/mol. The average molecular weight is 292 g/mol. The molecule has 0 bridgehead atoms. The summed E-state index contributed by atoms with van der Waals surface area (Å²) in [5.74, 6) is -0.338. The third-order valence-electron chi connectivity index (χ3n) is 3.55. The monoisotopic (exact) mass is 292 g/mol. The van der Waals surface area contributed by atoms with Crippen molar-refractivity contribution in [3.63, 3.8) is 0 Å². The number of nitrogens with zero attached hydrogens (tertiary/aromatic N) is 2. The summed E-state index contributed by atoms with van der Waals surface area (Å²) in [4.78, 5) is 13.7. The summed E-state index contributed by atoms with van der Waals surface area (Å²) < 4.78 is 24.0. The second-order valence-corrected chi connectivity index (χ2v) is 7.21. The molecule has 2 rings (SSSR count). The number of carbonyl (C=O) groups excluding carboxylic acids is 1. The smallest absolute Gasteiger partial charge is 0.245 e. The normalized spacial score (nSPS) is 20.9. The molecule has 1 atom stereocenters. The van der Waals surface area contributed by atoms with Gasteiger partial charge in [0.25, 0.3) is 0 Å². The summed E-state index contributed by atoms with van der Waals surface area (Å²) in [5.41, 5.74) is 0.975. The van der Waals surface area contributed by atoms with E-state index in [4.69, 9.17) is 5.26 Å². The van der Waals surface area contributed by atoms with Crippen LogP contribution in [-0.2, 0) is 14.6 Å². The molecule has 0 aromatic heterocycles. The highest BCUT2D eigenvalue weighted by Gasteiger charge is 2.36. The van der Waals surface area contributed by atoms with Crippen LogP contribution in [0.4, 0.5) is 5.69 Å². The van der Waals surface area contributed by atoms with Gasteiger partial charge in [-0.25, -0.2) is 8.42 Å². The van der Waals surface area contributed by atoms with Crippen LogP contribution >= 0.6 is 0 Å². The lowest BCUT2D eigenvalue weighted by atomic mass is 10.1. The summed E-state index contributed by atoms with van der Waals surface area (Å²) in [7, 11) is -1.80. The van der Waals surface area contributed by atoms with Crippen molar-refractivity contribution in [3.05, 3.63) is 29.8 Å². The standard InChI is InChI=1S/C14H16N2O3S/c1-16(12-6-4-5-11(9-12)10-15)14(17)13-7-2-3-8-20(13,18)19/h4-6,9,13H,2-3,7-8H2,1H3. The van der Waals surface area contributed by atoms with Crippen molar-refractivity contribution in [2.24, 2.45) is 0 Å². The van der Waals surface area contributed by atoms with Gasteiger partial charge in [-0.2, -0.15) is 5.26 Å². The largest absolute Gasteiger partial charge is 0.314 e. The van der Waals surface area contributed by atoms with Crippen molar-refractivity contribution in [1.29, 1.82) is 5.26 Å². The maximum atomic E-state index is 12.4. The van der Waals surface area contributed by atoms with Crippen LogP contribution in [0.15, 0.2) is 24.3 Å². The fourth-order valence-electron chi connectivity index (χ4n) is 2.36. The van der Waals surface area contributed by atoms with Crippen LogP contribution in [0, 0.1) is 11.3 Å². The molecule has 1 saturated heterocycles. The number of anilines is 1. The van der Waals surface area contributed by atoms with E-state index >= 15 is 0 Å². The summed E-state index contributed by atoms with van der Waals surface area (Å²) in [6.07, 6.45) is 1.75. The third kappa shape index (κ3) is 2.83. The lowest BCUT2D eigenvalue weighted by molar-refractivity contribution is -0.118. The van der Waals surface area contributed by atoms with E-state index < -0.39 is 21.0 Å². The van der Waals surface area contributed by atoms with Gasteiger partial charge < -0.3 is 4.90 Å². The Hall–Kier alpha value is -1.87. The minimum Gasteiger partial charge on any atom is -0.314 e. The van der Waals surface area contributed by atoms with Crippen LogP contribution in [0.25, 0.3) is 0 Å². The first-order valence-corrected chi connectivity index (χ1v) is 8.16. The van der Waals surface area contributed by atoms with Crippen LogP contribution < -0.4 is 4.90 Å². The van der Waals surface area contributed by atoms with E-state index in [1.807, 2.05) is 6.07 Å². The van der Waals surface area contributed by atoms with Crippen molar-refractivity contribution in [3.8, 4) is 6.07 Å². The Morgan fingerprint density at radius 2 is 2.15 bits per heavy atom. The first-order chi connectivity index (χ1) is 9.45. The summed E-state index contributed by atoms with van der Waals surface area (Å²) in [6, 6.07) is 8.58. The first-order valence-electron chi connectivity index (χ1n) is 6.45. The second-order valence-electron chi connectivity index (χ2n) is 4.91. The molecule has 0 aliphatic carbocycles. The molecule has 1 aromatic carbocycles. The van der Waals surface area contributed by atoms with Gasteiger partial charge in [-0.15, -0.1) is 0 Å². The topological polar surface area (TPSA) is 78.2 Å². The maximum Gasteiger partial charge on any atom is 0.245 e. The van der Waals surface area contributed by atoms with Crippen molar-refractivity contribution in [2.75, 3.05) is 17.7 Å². The van der Waals surface area contributed by atoms with Gasteiger partial charge in [-0.05, 0) is 31.0 Å². The van der Waals surface area contributed by atoms with Gasteiger partial charge in [-0.3, -0.25) is 4.79 Å². The Morgan fingerprint density at radius 1 is 1.40 bits per heavy atom. The number of amides is 1. The molecule has 0 radical (unpaired) electrons. The lowest BCUT2D eigenvalue weighted by Gasteiger charge is -2.26. The van der Waals surface area contributed by atoms with Crippen LogP contribution in [0.5, 0.6) is 0 Å². The van der Waals surface area contributed by atoms with Gasteiger partial charge >= 0.3 is 0 Å². The predicted octanol–water partition coefficient (Wildman–Crippen LogP) is 1.49. The molecule has 106 valence electrons. The molecule has 1 aliphatic heterocycles. The SMILES string of the molecule is CN(C(=O)C1CCCCS1(=O)=O)c1cccc(C#N)c1. The van der Waals surface area contributed by atoms with Crippen LogP contribution in [0.1, 0.15) is 24.8 Å². The van der Waals surface area contributed by atoms with Crippen LogP contribution in [0.3, 0.4) is 0 Å². The Bertz CT molecular complexity index is 661. The number of rotatable bonds is 2. The van der Waals surface area contributed by atoms with Crippen molar-refractivity contribution < 1.29 is 13.2 Å². The van der Waals surface area contributed by atoms with Crippen molar-refractivity contribution in [1.82, 2.24) is 0 Å². The Balaban J connectivity index is 2.26. The number of benzene rings is 1. The first kappa shape index (κ1) is 14.5. The van der Waals surface area contributed by atoms with E-state index in [0.29, 0.717) is 24.1 Å². The van der Waals surface area contributed by atoms with Gasteiger partial charge in [0.1, 0.15) is 5.25 Å². The molecule has 6 heteroatoms. The molecule has 5 nitrogen and oxygen atoms in total. The fourth-order valence-corrected chi connectivity index (χ4v) is 4.24. The molecule has 1 unspecified atom stereocenters. The second kappa shape index (κ2) is 5.63. The van der Waals surface area contributed by atoms with Crippen molar-refractivity contribution in [2.45, 2.75) is 24.5 Å². The van der Waals surface area contributed by atoms with E-state index in [2.05, 4.69) is 0 Å². The highest BCUT2D eigenvalue weighted by Crippen LogP contribution is 2.24. The fraction of sp³-hybridized carbons (Fsp3) is 0.429. The number of hydrogen-bond acceptors (Lipinski definition) is 4. The van der Waals surface area contributed by atoms with E-state index in [-0.39, 0.29) is 5.75 Å². The molecular formula is C14H16N2O3S. The Labute approximate surface area is 118 Å². The molecule has 1 aromatic rings. The quantitative estimate of drug-likeness (QED) is 0.827. The highest BCUT2D eigenvalue weighted by molar-refractivity contribution is 7.92. The molecule has 0 spiro atoms. The van der Waals surface area contributed by atoms with Gasteiger partial charge in [-0.1, -0.05) is 12.5 Å². The van der Waals surface area contributed by atoms with E-state index in [9.17, 15) is 13.2 Å². The van der Waals surface area contributed by atoms with Gasteiger partial charge in [0.05, 0.1) is 17.4 Å². The third-order valence-corrected chi connectivity index (χ3v) is 5.71. The van der Waals surface area contributed by atoms with Gasteiger partial charge in [0.15, 0.2) is 9.84 Å². The lowest BCUT2D eigenvalue weighted by Crippen LogP contribution is -2.43. The predicted molar refractivity (Wildman–Crippen MR) is 76.0 cm³/mol. The molecule has 1 aliphatic rings. The van der Waals surface area contributed by atoms with Crippen LogP contribution in [0.2, 0.25) is 0 Å². The molecule has 0 N–H and O–H groups in total. The Morgan fingerprint density at radius 3 is 2.80 bits per heavy atom. The zero-order valence-corrected chi connectivity index (χ0v) is 12.1. The van der Waals surface area contributed by atoms with Gasteiger partial charge in [0, 0.05) is 12.7 Å². The molecule has 1 amide bonds. The average Bonchev–Trinajstić information content (AvgIpc) is 2.45. The highest BCUT2D eigenvalue weighted by atomic mass is 32.2. The van der Waals surface area contributed by atoms with E-state index in [1.54, 1.807) is 31.3 Å². The van der Waals surface area contributed by atoms with Gasteiger partial charge in [0.2, 0.25) is 5.91 Å². The molecule has 20 heavy (non-hydrogen) atoms.